The van der Waals surface area contributed by atoms with Crippen molar-refractivity contribution in [3.05, 3.63) is 23.3 Å². The fourth-order valence-corrected chi connectivity index (χ4v) is 4.68. The molecule has 2 fully saturated rings. The number of hydrogen-bond acceptors (Lipinski definition) is 4. The third kappa shape index (κ3) is 4.04. The van der Waals surface area contributed by atoms with E-state index in [2.05, 4.69) is 24.4 Å². The summed E-state index contributed by atoms with van der Waals surface area (Å²) in [5.74, 6) is 2.88. The van der Waals surface area contributed by atoms with Crippen molar-refractivity contribution >= 4 is 18.3 Å². The molecule has 0 aromatic heterocycles. The standard InChI is InChI=1S/C21H30N2O3.ClH/c1-3-25-20-8-14-7-12(2)26-19(14)10-17(20)16-9-18(16)23-21(24)15-6-4-5-13(15)11-22;/h8,10,12-13,15-16,18H,3-7,9,11,22H2,1-2H3,(H,23,24);1H/t12?,13-,15-,16?,18?;/m1./s1. The number of fused-ring (bicyclic) bond motifs is 1. The SMILES string of the molecule is CCOc1cc2c(cc1C1CC1NC(=O)[C@@H]1CCC[C@@H]1CN)OC(C)C2.Cl. The van der Waals surface area contributed by atoms with Crippen LogP contribution in [0.4, 0.5) is 0 Å². The van der Waals surface area contributed by atoms with Gasteiger partial charge < -0.3 is 20.5 Å². The van der Waals surface area contributed by atoms with Crippen LogP contribution < -0.4 is 20.5 Å². The van der Waals surface area contributed by atoms with Gasteiger partial charge in [-0.3, -0.25) is 4.79 Å². The first-order valence-electron chi connectivity index (χ1n) is 10.1. The van der Waals surface area contributed by atoms with Crippen LogP contribution in [0, 0.1) is 11.8 Å². The van der Waals surface area contributed by atoms with Gasteiger partial charge in [0.25, 0.3) is 0 Å². The molecular weight excluding hydrogens is 364 g/mol. The summed E-state index contributed by atoms with van der Waals surface area (Å²) in [6.45, 7) is 5.36. The Bertz CT molecular complexity index is 696. The van der Waals surface area contributed by atoms with E-state index >= 15 is 0 Å². The maximum atomic E-state index is 12.7. The van der Waals surface area contributed by atoms with Crippen molar-refractivity contribution in [3.8, 4) is 11.5 Å². The minimum Gasteiger partial charge on any atom is -0.494 e. The van der Waals surface area contributed by atoms with Crippen molar-refractivity contribution in [2.45, 2.75) is 64.0 Å². The summed E-state index contributed by atoms with van der Waals surface area (Å²) in [7, 11) is 0. The van der Waals surface area contributed by atoms with Crippen molar-refractivity contribution in [3.63, 3.8) is 0 Å². The number of ether oxygens (including phenoxy) is 2. The van der Waals surface area contributed by atoms with Crippen LogP contribution in [-0.4, -0.2) is 31.2 Å². The molecule has 0 radical (unpaired) electrons. The van der Waals surface area contributed by atoms with Gasteiger partial charge in [0.15, 0.2) is 0 Å². The summed E-state index contributed by atoms with van der Waals surface area (Å²) >= 11 is 0. The summed E-state index contributed by atoms with van der Waals surface area (Å²) in [4.78, 5) is 12.7. The predicted octanol–water partition coefficient (Wildman–Crippen LogP) is 3.18. The predicted molar refractivity (Wildman–Crippen MR) is 108 cm³/mol. The van der Waals surface area contributed by atoms with E-state index in [1.807, 2.05) is 6.92 Å². The summed E-state index contributed by atoms with van der Waals surface area (Å²) in [6.07, 6.45) is 5.29. The molecule has 27 heavy (non-hydrogen) atoms. The minimum atomic E-state index is 0. The molecule has 5 atom stereocenters. The molecule has 1 aliphatic heterocycles. The van der Waals surface area contributed by atoms with Gasteiger partial charge in [0.2, 0.25) is 5.91 Å². The Labute approximate surface area is 167 Å². The highest BCUT2D eigenvalue weighted by Gasteiger charge is 2.44. The zero-order valence-electron chi connectivity index (χ0n) is 16.2. The van der Waals surface area contributed by atoms with Gasteiger partial charge in [0.05, 0.1) is 6.61 Å². The number of benzene rings is 1. The van der Waals surface area contributed by atoms with Gasteiger partial charge in [-0.2, -0.15) is 0 Å². The lowest BCUT2D eigenvalue weighted by molar-refractivity contribution is -0.126. The Kier molecular flexibility index (Phi) is 6.21. The van der Waals surface area contributed by atoms with Gasteiger partial charge in [-0.05, 0) is 57.7 Å². The van der Waals surface area contributed by atoms with Crippen LogP contribution in [0.25, 0.3) is 0 Å². The monoisotopic (exact) mass is 394 g/mol. The molecule has 2 saturated carbocycles. The Hall–Kier alpha value is -1.46. The van der Waals surface area contributed by atoms with E-state index in [9.17, 15) is 4.79 Å². The van der Waals surface area contributed by atoms with Crippen molar-refractivity contribution in [1.29, 1.82) is 0 Å². The second-order valence-electron chi connectivity index (χ2n) is 8.05. The van der Waals surface area contributed by atoms with Crippen LogP contribution >= 0.6 is 12.4 Å². The fraction of sp³-hybridized carbons (Fsp3) is 0.667. The zero-order chi connectivity index (χ0) is 18.3. The molecule has 2 aliphatic carbocycles. The Morgan fingerprint density at radius 2 is 2.19 bits per heavy atom. The molecule has 3 N–H and O–H groups in total. The van der Waals surface area contributed by atoms with E-state index in [4.69, 9.17) is 15.2 Å². The lowest BCUT2D eigenvalue weighted by Gasteiger charge is -2.18. The van der Waals surface area contributed by atoms with E-state index < -0.39 is 0 Å². The highest BCUT2D eigenvalue weighted by Crippen LogP contribution is 2.48. The lowest BCUT2D eigenvalue weighted by Crippen LogP contribution is -2.36. The normalized spacial score (nSPS) is 30.9. The smallest absolute Gasteiger partial charge is 0.223 e. The third-order valence-electron chi connectivity index (χ3n) is 6.14. The highest BCUT2D eigenvalue weighted by molar-refractivity contribution is 5.85. The Balaban J connectivity index is 0.00000210. The van der Waals surface area contributed by atoms with Crippen molar-refractivity contribution in [2.24, 2.45) is 17.6 Å². The number of rotatable bonds is 6. The van der Waals surface area contributed by atoms with Gasteiger partial charge in [-0.1, -0.05) is 6.42 Å². The van der Waals surface area contributed by atoms with Crippen LogP contribution in [0.3, 0.4) is 0 Å². The molecule has 0 saturated heterocycles. The maximum absolute atomic E-state index is 12.7. The molecule has 0 bridgehead atoms. The Morgan fingerprint density at radius 3 is 2.93 bits per heavy atom. The summed E-state index contributed by atoms with van der Waals surface area (Å²) in [6, 6.07) is 4.48. The molecule has 3 unspecified atom stereocenters. The number of amides is 1. The van der Waals surface area contributed by atoms with E-state index in [1.165, 1.54) is 11.1 Å². The summed E-state index contributed by atoms with van der Waals surface area (Å²) < 4.78 is 11.8. The van der Waals surface area contributed by atoms with Crippen molar-refractivity contribution < 1.29 is 14.3 Å². The molecule has 1 amide bonds. The molecule has 1 heterocycles. The van der Waals surface area contributed by atoms with Gasteiger partial charge in [-0.25, -0.2) is 0 Å². The van der Waals surface area contributed by atoms with Gasteiger partial charge in [0, 0.05) is 35.4 Å². The average Bonchev–Trinajstić information content (AvgIpc) is 3.05. The molecule has 150 valence electrons. The maximum Gasteiger partial charge on any atom is 0.223 e. The molecule has 0 spiro atoms. The van der Waals surface area contributed by atoms with Gasteiger partial charge >= 0.3 is 0 Å². The zero-order valence-corrected chi connectivity index (χ0v) is 17.0. The van der Waals surface area contributed by atoms with Crippen LogP contribution in [-0.2, 0) is 11.2 Å². The van der Waals surface area contributed by atoms with Gasteiger partial charge in [0.1, 0.15) is 17.6 Å². The minimum absolute atomic E-state index is 0. The first-order valence-corrected chi connectivity index (χ1v) is 10.1. The number of nitrogens with two attached hydrogens (primary N) is 1. The van der Waals surface area contributed by atoms with Gasteiger partial charge in [-0.15, -0.1) is 12.4 Å². The average molecular weight is 395 g/mol. The van der Waals surface area contributed by atoms with Crippen LogP contribution in [0.15, 0.2) is 12.1 Å². The lowest BCUT2D eigenvalue weighted by atomic mass is 9.95. The van der Waals surface area contributed by atoms with E-state index in [0.29, 0.717) is 25.0 Å². The van der Waals surface area contributed by atoms with Crippen molar-refractivity contribution in [2.75, 3.05) is 13.2 Å². The largest absolute Gasteiger partial charge is 0.494 e. The van der Waals surface area contributed by atoms with Crippen LogP contribution in [0.1, 0.15) is 56.6 Å². The molecular formula is C21H31ClN2O3. The number of halogens is 1. The quantitative estimate of drug-likeness (QED) is 0.777. The number of nitrogens with one attached hydrogen (secondary N) is 1. The fourth-order valence-electron chi connectivity index (χ4n) is 4.68. The second-order valence-corrected chi connectivity index (χ2v) is 8.05. The second kappa shape index (κ2) is 8.27. The first-order chi connectivity index (χ1) is 12.6. The number of hydrogen-bond donors (Lipinski definition) is 2. The molecule has 5 nitrogen and oxygen atoms in total. The van der Waals surface area contributed by atoms with Crippen LogP contribution in [0.5, 0.6) is 11.5 Å². The molecule has 6 heteroatoms. The first kappa shape index (κ1) is 20.3. The highest BCUT2D eigenvalue weighted by atomic mass is 35.5. The summed E-state index contributed by atoms with van der Waals surface area (Å²) in [5, 5.41) is 3.26. The van der Waals surface area contributed by atoms with E-state index in [-0.39, 0.29) is 36.4 Å². The number of carbonyl (C=O) groups excluding carboxylic acids is 1. The molecule has 1 aromatic carbocycles. The molecule has 3 aliphatic rings. The van der Waals surface area contributed by atoms with E-state index in [0.717, 1.165) is 43.6 Å². The molecule has 4 rings (SSSR count). The van der Waals surface area contributed by atoms with Crippen molar-refractivity contribution in [1.82, 2.24) is 5.32 Å². The number of carbonyl (C=O) groups is 1. The Morgan fingerprint density at radius 1 is 1.37 bits per heavy atom. The molecule has 1 aromatic rings. The van der Waals surface area contributed by atoms with Crippen LogP contribution in [0.2, 0.25) is 0 Å². The topological polar surface area (TPSA) is 73.6 Å². The summed E-state index contributed by atoms with van der Waals surface area (Å²) in [5.41, 5.74) is 8.23. The van der Waals surface area contributed by atoms with E-state index in [1.54, 1.807) is 0 Å². The third-order valence-corrected chi connectivity index (χ3v) is 6.14.